The molecule has 0 spiro atoms. The van der Waals surface area contributed by atoms with Gasteiger partial charge in [0.15, 0.2) is 3.95 Å². The van der Waals surface area contributed by atoms with E-state index in [1.54, 1.807) is 12.1 Å². The average Bonchev–Trinajstić information content (AvgIpc) is 3.12. The number of fused-ring (bicyclic) bond motifs is 1. The van der Waals surface area contributed by atoms with E-state index in [0.29, 0.717) is 5.84 Å². The van der Waals surface area contributed by atoms with Crippen LogP contribution < -0.4 is 10.6 Å². The van der Waals surface area contributed by atoms with Crippen molar-refractivity contribution in [2.24, 2.45) is 4.99 Å². The number of benzene rings is 3. The number of para-hydroxylation sites is 1. The Morgan fingerprint density at radius 1 is 0.933 bits per heavy atom. The predicted molar refractivity (Wildman–Crippen MR) is 124 cm³/mol. The summed E-state index contributed by atoms with van der Waals surface area (Å²) in [5, 5.41) is 6.90. The number of amidine groups is 1. The molecule has 1 aliphatic rings. The SMILES string of the molecule is Fc1ccc(NC2=NC(c3ccccc3)Nc3c2sc(=S)n3-c2ccccc2)cc1. The van der Waals surface area contributed by atoms with Crippen LogP contribution in [0.1, 0.15) is 16.6 Å². The molecule has 5 rings (SSSR count). The first-order chi connectivity index (χ1) is 14.7. The molecule has 3 aromatic carbocycles. The summed E-state index contributed by atoms with van der Waals surface area (Å²) in [5.74, 6) is 1.32. The van der Waals surface area contributed by atoms with Crippen LogP contribution in [0.25, 0.3) is 5.69 Å². The fraction of sp³-hybridized carbons (Fsp3) is 0.0435. The second kappa shape index (κ2) is 7.85. The summed E-state index contributed by atoms with van der Waals surface area (Å²) in [5.41, 5.74) is 2.79. The van der Waals surface area contributed by atoms with Gasteiger partial charge >= 0.3 is 0 Å². The Bertz CT molecular complexity index is 1260. The molecule has 0 radical (unpaired) electrons. The maximum Gasteiger partial charge on any atom is 0.168 e. The van der Waals surface area contributed by atoms with Gasteiger partial charge in [-0.1, -0.05) is 59.9 Å². The molecule has 4 aromatic rings. The number of aliphatic imine (C=N–C) groups is 1. The smallest absolute Gasteiger partial charge is 0.168 e. The second-order valence-corrected chi connectivity index (χ2v) is 8.43. The summed E-state index contributed by atoms with van der Waals surface area (Å²) < 4.78 is 16.1. The van der Waals surface area contributed by atoms with Crippen LogP contribution in [0.2, 0.25) is 0 Å². The van der Waals surface area contributed by atoms with Gasteiger partial charge in [-0.2, -0.15) is 0 Å². The van der Waals surface area contributed by atoms with Gasteiger partial charge in [-0.05, 0) is 54.2 Å². The van der Waals surface area contributed by atoms with E-state index >= 15 is 0 Å². The zero-order chi connectivity index (χ0) is 20.5. The number of hydrogen-bond donors (Lipinski definition) is 2. The topological polar surface area (TPSA) is 41.4 Å². The molecule has 0 saturated carbocycles. The number of nitrogens with one attached hydrogen (secondary N) is 2. The lowest BCUT2D eigenvalue weighted by Crippen LogP contribution is -2.25. The van der Waals surface area contributed by atoms with Gasteiger partial charge in [-0.3, -0.25) is 4.57 Å². The number of nitrogens with zero attached hydrogens (tertiary/aromatic N) is 2. The van der Waals surface area contributed by atoms with E-state index in [0.717, 1.165) is 31.6 Å². The molecular formula is C23H17FN4S2. The Morgan fingerprint density at radius 3 is 2.30 bits per heavy atom. The molecule has 1 aromatic heterocycles. The number of anilines is 2. The summed E-state index contributed by atoms with van der Waals surface area (Å²) >= 11 is 7.19. The van der Waals surface area contributed by atoms with Gasteiger partial charge in [0.1, 0.15) is 28.5 Å². The maximum atomic E-state index is 13.3. The van der Waals surface area contributed by atoms with Crippen molar-refractivity contribution in [1.29, 1.82) is 0 Å². The second-order valence-electron chi connectivity index (χ2n) is 6.78. The van der Waals surface area contributed by atoms with Crippen molar-refractivity contribution in [2.45, 2.75) is 6.17 Å². The van der Waals surface area contributed by atoms with Gasteiger partial charge in [0, 0.05) is 11.4 Å². The van der Waals surface area contributed by atoms with Crippen LogP contribution in [-0.4, -0.2) is 10.4 Å². The highest BCUT2D eigenvalue weighted by Gasteiger charge is 2.27. The van der Waals surface area contributed by atoms with E-state index in [-0.39, 0.29) is 12.0 Å². The summed E-state index contributed by atoms with van der Waals surface area (Å²) in [6.07, 6.45) is -0.277. The minimum absolute atomic E-state index is 0.276. The molecule has 1 unspecified atom stereocenters. The predicted octanol–water partition coefficient (Wildman–Crippen LogP) is 6.39. The molecule has 0 amide bonds. The van der Waals surface area contributed by atoms with Gasteiger partial charge in [0.05, 0.1) is 0 Å². The number of aromatic nitrogens is 1. The Morgan fingerprint density at radius 2 is 1.60 bits per heavy atom. The van der Waals surface area contributed by atoms with Crippen LogP contribution in [0.5, 0.6) is 0 Å². The Labute approximate surface area is 182 Å². The summed E-state index contributed by atoms with van der Waals surface area (Å²) in [6, 6.07) is 26.3. The first-order valence-corrected chi connectivity index (χ1v) is 10.6. The molecule has 1 atom stereocenters. The first kappa shape index (κ1) is 18.7. The maximum absolute atomic E-state index is 13.3. The standard InChI is InChI=1S/C23H17FN4S2/c24-16-11-13-17(14-12-16)25-21-19-22(27-20(26-21)15-7-3-1-4-8-15)28(23(29)30-19)18-9-5-2-6-10-18/h1-14,20,27H,(H,25,26). The lowest BCUT2D eigenvalue weighted by atomic mass is 10.1. The van der Waals surface area contributed by atoms with Crippen LogP contribution in [0, 0.1) is 9.77 Å². The zero-order valence-corrected chi connectivity index (χ0v) is 17.4. The molecule has 7 heteroatoms. The van der Waals surface area contributed by atoms with Crippen molar-refractivity contribution in [3.05, 3.63) is 105 Å². The van der Waals surface area contributed by atoms with Crippen molar-refractivity contribution in [2.75, 3.05) is 10.6 Å². The normalized spacial score (nSPS) is 15.1. The molecule has 0 aliphatic carbocycles. The average molecular weight is 433 g/mol. The summed E-state index contributed by atoms with van der Waals surface area (Å²) in [6.45, 7) is 0. The van der Waals surface area contributed by atoms with Crippen LogP contribution in [0.15, 0.2) is 89.9 Å². The highest BCUT2D eigenvalue weighted by atomic mass is 32.1. The largest absolute Gasteiger partial charge is 0.344 e. The van der Waals surface area contributed by atoms with E-state index in [9.17, 15) is 4.39 Å². The molecule has 148 valence electrons. The van der Waals surface area contributed by atoms with Crippen molar-refractivity contribution in [3.63, 3.8) is 0 Å². The van der Waals surface area contributed by atoms with Crippen LogP contribution in [-0.2, 0) is 0 Å². The van der Waals surface area contributed by atoms with E-state index in [1.807, 2.05) is 65.2 Å². The Balaban J connectivity index is 1.64. The highest BCUT2D eigenvalue weighted by molar-refractivity contribution is 7.73. The zero-order valence-electron chi connectivity index (χ0n) is 15.7. The third-order valence-corrected chi connectivity index (χ3v) is 6.17. The van der Waals surface area contributed by atoms with Gasteiger partial charge in [0.2, 0.25) is 0 Å². The molecule has 0 saturated heterocycles. The quantitative estimate of drug-likeness (QED) is 0.369. The molecule has 1 aliphatic heterocycles. The number of thiazole rings is 1. The van der Waals surface area contributed by atoms with Gasteiger partial charge in [-0.25, -0.2) is 9.38 Å². The molecule has 2 N–H and O–H groups in total. The Hall–Kier alpha value is -3.29. The van der Waals surface area contributed by atoms with Crippen molar-refractivity contribution < 1.29 is 4.39 Å². The summed E-state index contributed by atoms with van der Waals surface area (Å²) in [7, 11) is 0. The molecule has 0 fully saturated rings. The lowest BCUT2D eigenvalue weighted by molar-refractivity contribution is 0.628. The first-order valence-electron chi connectivity index (χ1n) is 9.42. The van der Waals surface area contributed by atoms with E-state index in [1.165, 1.54) is 23.5 Å². The number of halogens is 1. The van der Waals surface area contributed by atoms with E-state index in [4.69, 9.17) is 17.2 Å². The fourth-order valence-corrected chi connectivity index (χ4v) is 4.73. The van der Waals surface area contributed by atoms with E-state index in [2.05, 4.69) is 10.6 Å². The molecular weight excluding hydrogens is 415 g/mol. The lowest BCUT2D eigenvalue weighted by Gasteiger charge is -2.25. The highest BCUT2D eigenvalue weighted by Crippen LogP contribution is 2.36. The Kier molecular flexibility index (Phi) is 4.90. The molecule has 30 heavy (non-hydrogen) atoms. The third kappa shape index (κ3) is 3.53. The van der Waals surface area contributed by atoms with Crippen molar-refractivity contribution in [3.8, 4) is 5.69 Å². The van der Waals surface area contributed by atoms with Crippen molar-refractivity contribution in [1.82, 2.24) is 4.57 Å². The summed E-state index contributed by atoms with van der Waals surface area (Å²) in [4.78, 5) is 5.83. The third-order valence-electron chi connectivity index (χ3n) is 4.79. The van der Waals surface area contributed by atoms with Crippen LogP contribution in [0.3, 0.4) is 0 Å². The molecule has 0 bridgehead atoms. The van der Waals surface area contributed by atoms with Crippen molar-refractivity contribution >= 4 is 40.9 Å². The van der Waals surface area contributed by atoms with Crippen LogP contribution in [0.4, 0.5) is 15.9 Å². The van der Waals surface area contributed by atoms with Gasteiger partial charge in [-0.15, -0.1) is 0 Å². The number of hydrogen-bond acceptors (Lipinski definition) is 5. The van der Waals surface area contributed by atoms with Gasteiger partial charge in [0.25, 0.3) is 0 Å². The minimum atomic E-state index is -0.277. The van der Waals surface area contributed by atoms with Gasteiger partial charge < -0.3 is 10.6 Å². The molecule has 2 heterocycles. The molecule has 4 nitrogen and oxygen atoms in total. The van der Waals surface area contributed by atoms with Crippen LogP contribution >= 0.6 is 23.6 Å². The number of rotatable bonds is 3. The monoisotopic (exact) mass is 432 g/mol. The minimum Gasteiger partial charge on any atom is -0.344 e. The van der Waals surface area contributed by atoms with E-state index < -0.39 is 0 Å². The fourth-order valence-electron chi connectivity index (χ4n) is 3.38.